The average molecular weight is 295 g/mol. The van der Waals surface area contributed by atoms with Crippen LogP contribution in [0.25, 0.3) is 6.08 Å². The Bertz CT molecular complexity index is 508. The number of hydrogen-bond donors (Lipinski definition) is 1. The molecule has 0 radical (unpaired) electrons. The molecule has 0 unspecified atom stereocenters. The fourth-order valence-corrected chi connectivity index (χ4v) is 2.49. The highest BCUT2D eigenvalue weighted by molar-refractivity contribution is 5.99. The van der Waals surface area contributed by atoms with Gasteiger partial charge < -0.3 is 15.0 Å². The van der Waals surface area contributed by atoms with Crippen molar-refractivity contribution in [2.45, 2.75) is 6.42 Å². The van der Waals surface area contributed by atoms with Gasteiger partial charge in [-0.05, 0) is 25.1 Å². The predicted molar refractivity (Wildman–Crippen MR) is 81.2 cm³/mol. The van der Waals surface area contributed by atoms with Crippen LogP contribution in [0.1, 0.15) is 12.0 Å². The maximum Gasteiger partial charge on any atom is 0.253 e. The summed E-state index contributed by atoms with van der Waals surface area (Å²) in [4.78, 5) is 14.4. The van der Waals surface area contributed by atoms with Gasteiger partial charge in [0.15, 0.2) is 0 Å². The second-order valence-corrected chi connectivity index (χ2v) is 4.89. The molecule has 1 aromatic rings. The Morgan fingerprint density at radius 2 is 2.05 bits per heavy atom. The lowest BCUT2D eigenvalue weighted by Crippen LogP contribution is -2.36. The van der Waals surface area contributed by atoms with E-state index >= 15 is 0 Å². The second kappa shape index (κ2) is 6.77. The van der Waals surface area contributed by atoms with Crippen molar-refractivity contribution in [2.24, 2.45) is 0 Å². The van der Waals surface area contributed by atoms with E-state index in [9.17, 15) is 4.79 Å². The van der Waals surface area contributed by atoms with Gasteiger partial charge in [-0.15, -0.1) is 12.4 Å². The summed E-state index contributed by atoms with van der Waals surface area (Å²) >= 11 is 0. The van der Waals surface area contributed by atoms with Gasteiger partial charge in [0.25, 0.3) is 5.91 Å². The molecular formula is C15H19ClN2O2. The molecule has 20 heavy (non-hydrogen) atoms. The highest BCUT2D eigenvalue weighted by Crippen LogP contribution is 2.26. The first kappa shape index (κ1) is 14.9. The van der Waals surface area contributed by atoms with E-state index in [1.165, 1.54) is 0 Å². The van der Waals surface area contributed by atoms with Crippen molar-refractivity contribution in [1.82, 2.24) is 10.2 Å². The summed E-state index contributed by atoms with van der Waals surface area (Å²) in [5.41, 5.74) is 1.74. The van der Waals surface area contributed by atoms with Gasteiger partial charge in [-0.1, -0.05) is 18.2 Å². The maximum atomic E-state index is 12.5. The second-order valence-electron chi connectivity index (χ2n) is 4.89. The van der Waals surface area contributed by atoms with E-state index in [-0.39, 0.29) is 18.3 Å². The van der Waals surface area contributed by atoms with E-state index in [1.807, 2.05) is 35.2 Å². The monoisotopic (exact) mass is 294 g/mol. The van der Waals surface area contributed by atoms with Gasteiger partial charge >= 0.3 is 0 Å². The number of fused-ring (bicyclic) bond motifs is 1. The third kappa shape index (κ3) is 3.14. The molecule has 4 nitrogen and oxygen atoms in total. The lowest BCUT2D eigenvalue weighted by Gasteiger charge is -2.24. The zero-order valence-electron chi connectivity index (χ0n) is 11.3. The summed E-state index contributed by atoms with van der Waals surface area (Å²) in [7, 11) is 0. The number of rotatable bonds is 1. The van der Waals surface area contributed by atoms with Crippen LogP contribution in [0.2, 0.25) is 0 Å². The summed E-state index contributed by atoms with van der Waals surface area (Å²) in [5.74, 6) is 0.967. The molecule has 0 aromatic heterocycles. The number of ether oxygens (including phenoxy) is 1. The smallest absolute Gasteiger partial charge is 0.253 e. The van der Waals surface area contributed by atoms with Crippen LogP contribution in [0.4, 0.5) is 0 Å². The zero-order valence-corrected chi connectivity index (χ0v) is 12.1. The molecule has 0 saturated carbocycles. The van der Waals surface area contributed by atoms with Crippen molar-refractivity contribution in [2.75, 3.05) is 32.8 Å². The number of carbonyl (C=O) groups is 1. The lowest BCUT2D eigenvalue weighted by molar-refractivity contribution is -0.127. The quantitative estimate of drug-likeness (QED) is 0.857. The van der Waals surface area contributed by atoms with Crippen molar-refractivity contribution < 1.29 is 9.53 Å². The molecule has 1 aromatic carbocycles. The molecule has 0 aliphatic carbocycles. The standard InChI is InChI=1S/C15H18N2O2.ClH/c18-15(17-8-3-6-16-7-9-17)13-10-12-4-1-2-5-14(12)19-11-13;/h1-2,4-5,10,16H,3,6-9,11H2;1H. The van der Waals surface area contributed by atoms with Crippen LogP contribution < -0.4 is 10.1 Å². The number of carbonyl (C=O) groups excluding carboxylic acids is 1. The Hall–Kier alpha value is -1.52. The molecule has 108 valence electrons. The van der Waals surface area contributed by atoms with Crippen LogP contribution in [0.3, 0.4) is 0 Å². The number of amides is 1. The minimum absolute atomic E-state index is 0. The molecule has 5 heteroatoms. The Kier molecular flexibility index (Phi) is 5.04. The first-order valence-corrected chi connectivity index (χ1v) is 6.77. The van der Waals surface area contributed by atoms with Gasteiger partial charge in [0.2, 0.25) is 0 Å². The number of halogens is 1. The maximum absolute atomic E-state index is 12.5. The fraction of sp³-hybridized carbons (Fsp3) is 0.400. The first-order chi connectivity index (χ1) is 9.34. The van der Waals surface area contributed by atoms with E-state index in [0.717, 1.165) is 49.5 Å². The van der Waals surface area contributed by atoms with Gasteiger partial charge in [-0.2, -0.15) is 0 Å². The minimum atomic E-state index is 0. The first-order valence-electron chi connectivity index (χ1n) is 6.77. The molecule has 1 amide bonds. The molecular weight excluding hydrogens is 276 g/mol. The summed E-state index contributed by atoms with van der Waals surface area (Å²) in [6.45, 7) is 3.83. The summed E-state index contributed by atoms with van der Waals surface area (Å²) in [6, 6.07) is 7.82. The normalized spacial score (nSPS) is 18.0. The Morgan fingerprint density at radius 1 is 1.20 bits per heavy atom. The van der Waals surface area contributed by atoms with E-state index in [1.54, 1.807) is 0 Å². The summed E-state index contributed by atoms with van der Waals surface area (Å²) < 4.78 is 5.65. The van der Waals surface area contributed by atoms with Crippen LogP contribution in [0.15, 0.2) is 29.8 Å². The molecule has 1 fully saturated rings. The number of benzene rings is 1. The Labute approximate surface area is 125 Å². The molecule has 3 rings (SSSR count). The van der Waals surface area contributed by atoms with Gasteiger partial charge in [-0.25, -0.2) is 0 Å². The van der Waals surface area contributed by atoms with E-state index in [2.05, 4.69) is 5.32 Å². The zero-order chi connectivity index (χ0) is 13.1. The SMILES string of the molecule is Cl.O=C(C1=Cc2ccccc2OC1)N1CCCNCC1. The largest absolute Gasteiger partial charge is 0.488 e. The van der Waals surface area contributed by atoms with Crippen molar-refractivity contribution in [3.05, 3.63) is 35.4 Å². The van der Waals surface area contributed by atoms with Crippen molar-refractivity contribution in [3.63, 3.8) is 0 Å². The fourth-order valence-electron chi connectivity index (χ4n) is 2.49. The van der Waals surface area contributed by atoms with Gasteiger partial charge in [0.05, 0.1) is 5.57 Å². The van der Waals surface area contributed by atoms with Gasteiger partial charge in [0.1, 0.15) is 12.4 Å². The summed E-state index contributed by atoms with van der Waals surface area (Å²) in [5, 5.41) is 3.31. The van der Waals surface area contributed by atoms with Crippen LogP contribution in [0.5, 0.6) is 5.75 Å². The van der Waals surface area contributed by atoms with E-state index < -0.39 is 0 Å². The van der Waals surface area contributed by atoms with Gasteiger partial charge in [-0.3, -0.25) is 4.79 Å². The Morgan fingerprint density at radius 3 is 2.95 bits per heavy atom. The molecule has 0 atom stereocenters. The number of nitrogens with one attached hydrogen (secondary N) is 1. The molecule has 2 aliphatic heterocycles. The van der Waals surface area contributed by atoms with E-state index in [4.69, 9.17) is 4.74 Å². The third-order valence-electron chi connectivity index (χ3n) is 3.53. The number of para-hydroxylation sites is 1. The predicted octanol–water partition coefficient (Wildman–Crippen LogP) is 1.71. The van der Waals surface area contributed by atoms with Crippen LogP contribution >= 0.6 is 12.4 Å². The highest BCUT2D eigenvalue weighted by Gasteiger charge is 2.22. The number of hydrogen-bond acceptors (Lipinski definition) is 3. The molecule has 2 heterocycles. The average Bonchev–Trinajstić information content (AvgIpc) is 2.75. The van der Waals surface area contributed by atoms with Gasteiger partial charge in [0, 0.05) is 25.2 Å². The van der Waals surface area contributed by atoms with Crippen molar-refractivity contribution >= 4 is 24.4 Å². The van der Waals surface area contributed by atoms with Crippen LogP contribution in [-0.2, 0) is 4.79 Å². The molecule has 0 spiro atoms. The summed E-state index contributed by atoms with van der Waals surface area (Å²) in [6.07, 6.45) is 2.97. The third-order valence-corrected chi connectivity index (χ3v) is 3.53. The van der Waals surface area contributed by atoms with E-state index in [0.29, 0.717) is 6.61 Å². The molecule has 2 aliphatic rings. The molecule has 1 saturated heterocycles. The number of nitrogens with zero attached hydrogens (tertiary/aromatic N) is 1. The van der Waals surface area contributed by atoms with Crippen LogP contribution in [-0.4, -0.2) is 43.6 Å². The Balaban J connectivity index is 0.00000147. The van der Waals surface area contributed by atoms with Crippen molar-refractivity contribution in [1.29, 1.82) is 0 Å². The van der Waals surface area contributed by atoms with Crippen molar-refractivity contribution in [3.8, 4) is 5.75 Å². The lowest BCUT2D eigenvalue weighted by atomic mass is 10.1. The molecule has 1 N–H and O–H groups in total. The molecule has 0 bridgehead atoms. The topological polar surface area (TPSA) is 41.6 Å². The van der Waals surface area contributed by atoms with Crippen LogP contribution in [0, 0.1) is 0 Å². The minimum Gasteiger partial charge on any atom is -0.488 e. The highest BCUT2D eigenvalue weighted by atomic mass is 35.5.